The number of carbonyl (C=O) groups excluding carboxylic acids is 1. The monoisotopic (exact) mass is 329 g/mol. The van der Waals surface area contributed by atoms with Crippen molar-refractivity contribution in [1.29, 1.82) is 0 Å². The van der Waals surface area contributed by atoms with Crippen LogP contribution in [0.15, 0.2) is 36.5 Å². The molecule has 126 valence electrons. The summed E-state index contributed by atoms with van der Waals surface area (Å²) in [6, 6.07) is 8.33. The van der Waals surface area contributed by atoms with Gasteiger partial charge in [0.1, 0.15) is 5.75 Å². The second kappa shape index (κ2) is 6.74. The van der Waals surface area contributed by atoms with Crippen molar-refractivity contribution in [3.05, 3.63) is 47.8 Å². The van der Waals surface area contributed by atoms with Gasteiger partial charge < -0.3 is 15.1 Å². The number of aromatic hydroxyl groups is 1. The van der Waals surface area contributed by atoms with Crippen molar-refractivity contribution in [1.82, 2.24) is 15.1 Å². The molecule has 0 spiro atoms. The molecule has 0 saturated carbocycles. The predicted molar refractivity (Wildman–Crippen MR) is 85.5 cm³/mol. The number of aromatic nitrogens is 2. The average molecular weight is 329 g/mol. The van der Waals surface area contributed by atoms with Crippen LogP contribution in [-0.2, 0) is 16.0 Å². The highest BCUT2D eigenvalue weighted by atomic mass is 16.4. The van der Waals surface area contributed by atoms with Gasteiger partial charge in [-0.15, -0.1) is 0 Å². The Kier molecular flexibility index (Phi) is 4.50. The number of aryl methyl sites for hydroxylation is 1. The summed E-state index contributed by atoms with van der Waals surface area (Å²) in [7, 11) is 0. The lowest BCUT2D eigenvalue weighted by Crippen LogP contribution is -2.30. The van der Waals surface area contributed by atoms with Crippen LogP contribution in [0, 0.1) is 5.92 Å². The zero-order valence-electron chi connectivity index (χ0n) is 13.1. The van der Waals surface area contributed by atoms with Crippen molar-refractivity contribution in [2.24, 2.45) is 5.92 Å². The first-order valence-corrected chi connectivity index (χ1v) is 7.82. The van der Waals surface area contributed by atoms with Crippen LogP contribution >= 0.6 is 0 Å². The number of carbonyl (C=O) groups is 2. The maximum Gasteiger partial charge on any atom is 0.308 e. The Morgan fingerprint density at radius 3 is 2.58 bits per heavy atom. The number of phenols is 1. The van der Waals surface area contributed by atoms with Gasteiger partial charge >= 0.3 is 5.97 Å². The number of carboxylic acids is 1. The Morgan fingerprint density at radius 1 is 1.21 bits per heavy atom. The van der Waals surface area contributed by atoms with Gasteiger partial charge in [-0.2, -0.15) is 5.10 Å². The summed E-state index contributed by atoms with van der Waals surface area (Å²) in [5.74, 6) is -1.73. The molecule has 3 rings (SSSR count). The minimum atomic E-state index is -0.906. The minimum absolute atomic E-state index is 0.0582. The van der Waals surface area contributed by atoms with Gasteiger partial charge in [0.05, 0.1) is 5.92 Å². The van der Waals surface area contributed by atoms with Crippen LogP contribution in [-0.4, -0.2) is 50.3 Å². The van der Waals surface area contributed by atoms with Crippen LogP contribution in [0.2, 0.25) is 0 Å². The molecule has 1 fully saturated rings. The van der Waals surface area contributed by atoms with Crippen LogP contribution in [0.1, 0.15) is 23.6 Å². The number of hydrogen-bond acceptors (Lipinski definition) is 4. The summed E-state index contributed by atoms with van der Waals surface area (Å²) in [6.07, 6.45) is 2.50. The first-order chi connectivity index (χ1) is 11.5. The molecule has 1 aromatic heterocycles. The fourth-order valence-corrected chi connectivity index (χ4v) is 3.14. The van der Waals surface area contributed by atoms with Crippen LogP contribution in [0.4, 0.5) is 0 Å². The maximum atomic E-state index is 12.4. The number of hydrogen-bond donors (Lipinski definition) is 3. The Bertz CT molecular complexity index is 712. The summed E-state index contributed by atoms with van der Waals surface area (Å²) in [4.78, 5) is 25.6. The molecule has 2 heterocycles. The standard InChI is InChI=1S/C17H19N3O4/c21-13-4-1-11(2-5-13)14-9-20(10-15(14)17(23)24)16(22)6-3-12-7-8-18-19-12/h1-2,4-5,7-8,14-15,21H,3,6,9-10H2,(H,18,19)(H,23,24)/t14-,15+/m0/s1. The molecule has 1 aromatic carbocycles. The molecule has 7 heteroatoms. The number of amides is 1. The third kappa shape index (κ3) is 3.40. The van der Waals surface area contributed by atoms with Crippen molar-refractivity contribution >= 4 is 11.9 Å². The number of aromatic amines is 1. The Balaban J connectivity index is 1.68. The van der Waals surface area contributed by atoms with Crippen LogP contribution in [0.25, 0.3) is 0 Å². The number of nitrogens with one attached hydrogen (secondary N) is 1. The summed E-state index contributed by atoms with van der Waals surface area (Å²) < 4.78 is 0. The van der Waals surface area contributed by atoms with E-state index in [-0.39, 0.29) is 24.1 Å². The molecule has 0 unspecified atom stereocenters. The summed E-state index contributed by atoms with van der Waals surface area (Å²) in [6.45, 7) is 0.590. The van der Waals surface area contributed by atoms with E-state index in [4.69, 9.17) is 0 Å². The molecule has 0 radical (unpaired) electrons. The van der Waals surface area contributed by atoms with E-state index in [0.29, 0.717) is 19.4 Å². The van der Waals surface area contributed by atoms with Crippen LogP contribution < -0.4 is 0 Å². The summed E-state index contributed by atoms with van der Waals surface area (Å²) in [5.41, 5.74) is 1.71. The first-order valence-electron chi connectivity index (χ1n) is 7.82. The molecule has 3 N–H and O–H groups in total. The number of rotatable bonds is 5. The predicted octanol–water partition coefficient (Wildman–Crippen LogP) is 1.37. The van der Waals surface area contributed by atoms with Crippen molar-refractivity contribution in [3.63, 3.8) is 0 Å². The zero-order valence-corrected chi connectivity index (χ0v) is 13.1. The van der Waals surface area contributed by atoms with Gasteiger partial charge in [-0.25, -0.2) is 0 Å². The number of phenolic OH excluding ortho intramolecular Hbond substituents is 1. The molecule has 24 heavy (non-hydrogen) atoms. The molecular weight excluding hydrogens is 310 g/mol. The van der Waals surface area contributed by atoms with Gasteiger partial charge in [0.25, 0.3) is 0 Å². The SMILES string of the molecule is O=C(O)[C@@H]1CN(C(=O)CCc2ccn[nH]2)C[C@H]1c1ccc(O)cc1. The van der Waals surface area contributed by atoms with Crippen LogP contribution in [0.3, 0.4) is 0 Å². The van der Waals surface area contributed by atoms with Crippen molar-refractivity contribution in [2.45, 2.75) is 18.8 Å². The number of carboxylic acid groups (broad SMARTS) is 1. The Morgan fingerprint density at radius 2 is 1.96 bits per heavy atom. The van der Waals surface area contributed by atoms with E-state index >= 15 is 0 Å². The zero-order chi connectivity index (χ0) is 17.1. The molecule has 1 aliphatic rings. The van der Waals surface area contributed by atoms with E-state index in [2.05, 4.69) is 10.2 Å². The molecule has 2 atom stereocenters. The fraction of sp³-hybridized carbons (Fsp3) is 0.353. The van der Waals surface area contributed by atoms with Crippen molar-refractivity contribution in [2.75, 3.05) is 13.1 Å². The highest BCUT2D eigenvalue weighted by Gasteiger charge is 2.40. The lowest BCUT2D eigenvalue weighted by atomic mass is 9.89. The van der Waals surface area contributed by atoms with Crippen molar-refractivity contribution in [3.8, 4) is 5.75 Å². The topological polar surface area (TPSA) is 107 Å². The van der Waals surface area contributed by atoms with Gasteiger partial charge in [0.2, 0.25) is 5.91 Å². The van der Waals surface area contributed by atoms with Gasteiger partial charge in [-0.05, 0) is 30.2 Å². The second-order valence-electron chi connectivity index (χ2n) is 6.02. The molecule has 0 bridgehead atoms. The lowest BCUT2D eigenvalue weighted by molar-refractivity contribution is -0.141. The van der Waals surface area contributed by atoms with Crippen molar-refractivity contribution < 1.29 is 19.8 Å². The minimum Gasteiger partial charge on any atom is -0.508 e. The number of likely N-dealkylation sites (tertiary alicyclic amines) is 1. The number of nitrogens with zero attached hydrogens (tertiary/aromatic N) is 2. The second-order valence-corrected chi connectivity index (χ2v) is 6.02. The molecule has 1 saturated heterocycles. The third-order valence-corrected chi connectivity index (χ3v) is 4.48. The molecule has 7 nitrogen and oxygen atoms in total. The van der Waals surface area contributed by atoms with Gasteiger partial charge in [-0.3, -0.25) is 14.7 Å². The normalized spacial score (nSPS) is 20.2. The lowest BCUT2D eigenvalue weighted by Gasteiger charge is -2.16. The van der Waals surface area contributed by atoms with E-state index in [1.807, 2.05) is 6.07 Å². The number of aliphatic carboxylic acids is 1. The van der Waals surface area contributed by atoms with Gasteiger partial charge in [0.15, 0.2) is 0 Å². The third-order valence-electron chi connectivity index (χ3n) is 4.48. The number of benzene rings is 1. The molecule has 1 amide bonds. The Hall–Kier alpha value is -2.83. The van der Waals surface area contributed by atoms with Gasteiger partial charge in [-0.1, -0.05) is 12.1 Å². The van der Waals surface area contributed by atoms with E-state index in [9.17, 15) is 19.8 Å². The van der Waals surface area contributed by atoms with E-state index < -0.39 is 11.9 Å². The fourth-order valence-electron chi connectivity index (χ4n) is 3.14. The molecular formula is C17H19N3O4. The summed E-state index contributed by atoms with van der Waals surface area (Å²) in [5, 5.41) is 25.5. The summed E-state index contributed by atoms with van der Waals surface area (Å²) >= 11 is 0. The van der Waals surface area contributed by atoms with Crippen LogP contribution in [0.5, 0.6) is 5.75 Å². The molecule has 1 aliphatic heterocycles. The smallest absolute Gasteiger partial charge is 0.308 e. The van der Waals surface area contributed by atoms with Gasteiger partial charge in [0, 0.05) is 37.3 Å². The maximum absolute atomic E-state index is 12.4. The number of H-pyrrole nitrogens is 1. The van der Waals surface area contributed by atoms with E-state index in [1.54, 1.807) is 23.2 Å². The highest BCUT2D eigenvalue weighted by Crippen LogP contribution is 2.34. The largest absolute Gasteiger partial charge is 0.508 e. The quantitative estimate of drug-likeness (QED) is 0.768. The molecule has 2 aromatic rings. The van der Waals surface area contributed by atoms with E-state index in [0.717, 1.165) is 11.3 Å². The highest BCUT2D eigenvalue weighted by molar-refractivity contribution is 5.79. The first kappa shape index (κ1) is 16.0. The Labute approximate surface area is 138 Å². The van der Waals surface area contributed by atoms with E-state index in [1.165, 1.54) is 12.1 Å². The average Bonchev–Trinajstić information content (AvgIpc) is 3.23. The molecule has 0 aliphatic carbocycles.